The van der Waals surface area contributed by atoms with Crippen LogP contribution in [0.1, 0.15) is 42.9 Å². The molecular formula is C21H25FN4O2. The molecule has 1 aromatic heterocycles. The van der Waals surface area contributed by atoms with Crippen LogP contribution in [0.5, 0.6) is 5.75 Å². The van der Waals surface area contributed by atoms with Gasteiger partial charge < -0.3 is 9.64 Å². The zero-order valence-electron chi connectivity index (χ0n) is 16.1. The van der Waals surface area contributed by atoms with Crippen LogP contribution in [0.3, 0.4) is 0 Å². The lowest BCUT2D eigenvalue weighted by Gasteiger charge is -2.28. The number of hydrogen-bond acceptors (Lipinski definition) is 5. The first-order chi connectivity index (χ1) is 13.6. The van der Waals surface area contributed by atoms with E-state index >= 15 is 0 Å². The van der Waals surface area contributed by atoms with Crippen molar-refractivity contribution in [2.24, 2.45) is 0 Å². The second-order valence-electron chi connectivity index (χ2n) is 7.39. The van der Waals surface area contributed by atoms with E-state index in [1.165, 1.54) is 12.1 Å². The number of amides is 1. The number of ether oxygens (including phenoxy) is 1. The van der Waals surface area contributed by atoms with E-state index in [4.69, 9.17) is 9.72 Å². The summed E-state index contributed by atoms with van der Waals surface area (Å²) in [5, 5.41) is 0. The molecule has 1 fully saturated rings. The molecule has 0 bridgehead atoms. The number of carbonyl (C=O) groups excluding carboxylic acids is 1. The summed E-state index contributed by atoms with van der Waals surface area (Å²) in [5.74, 6) is 1.38. The molecule has 1 aromatic carbocycles. The number of carbonyl (C=O) groups is 1. The van der Waals surface area contributed by atoms with Gasteiger partial charge in [-0.05, 0) is 43.7 Å². The molecule has 0 aliphatic carbocycles. The van der Waals surface area contributed by atoms with Crippen molar-refractivity contribution in [2.75, 3.05) is 26.2 Å². The maximum atomic E-state index is 13.0. The smallest absolute Gasteiger partial charge is 0.219 e. The summed E-state index contributed by atoms with van der Waals surface area (Å²) >= 11 is 0. The van der Waals surface area contributed by atoms with E-state index in [1.807, 2.05) is 11.1 Å². The molecule has 0 saturated carbocycles. The molecule has 1 saturated heterocycles. The molecule has 1 amide bonds. The van der Waals surface area contributed by atoms with Crippen LogP contribution in [-0.4, -0.2) is 51.9 Å². The Morgan fingerprint density at radius 3 is 2.89 bits per heavy atom. The Morgan fingerprint density at radius 2 is 2.11 bits per heavy atom. The summed E-state index contributed by atoms with van der Waals surface area (Å²) in [5.41, 5.74) is 2.12. The summed E-state index contributed by atoms with van der Waals surface area (Å²) in [7, 11) is 0. The van der Waals surface area contributed by atoms with E-state index in [2.05, 4.69) is 9.88 Å². The van der Waals surface area contributed by atoms with Gasteiger partial charge >= 0.3 is 0 Å². The van der Waals surface area contributed by atoms with Crippen LogP contribution >= 0.6 is 0 Å². The topological polar surface area (TPSA) is 58.6 Å². The van der Waals surface area contributed by atoms with Crippen molar-refractivity contribution >= 4 is 5.91 Å². The first-order valence-electron chi connectivity index (χ1n) is 9.83. The third kappa shape index (κ3) is 4.14. The predicted octanol–water partition coefficient (Wildman–Crippen LogP) is 2.74. The van der Waals surface area contributed by atoms with Gasteiger partial charge in [0.15, 0.2) is 0 Å². The van der Waals surface area contributed by atoms with Crippen LogP contribution in [0.2, 0.25) is 0 Å². The van der Waals surface area contributed by atoms with Crippen LogP contribution < -0.4 is 4.74 Å². The second kappa shape index (κ2) is 8.22. The van der Waals surface area contributed by atoms with Gasteiger partial charge in [-0.25, -0.2) is 14.4 Å². The van der Waals surface area contributed by atoms with Crippen molar-refractivity contribution in [3.8, 4) is 5.75 Å². The van der Waals surface area contributed by atoms with Gasteiger partial charge in [0.25, 0.3) is 0 Å². The van der Waals surface area contributed by atoms with Crippen molar-refractivity contribution in [2.45, 2.75) is 38.8 Å². The summed E-state index contributed by atoms with van der Waals surface area (Å²) in [6.45, 7) is 5.24. The van der Waals surface area contributed by atoms with Crippen molar-refractivity contribution in [1.29, 1.82) is 0 Å². The maximum Gasteiger partial charge on any atom is 0.219 e. The Labute approximate surface area is 164 Å². The Hall–Kier alpha value is -2.54. The summed E-state index contributed by atoms with van der Waals surface area (Å²) in [6, 6.07) is 6.30. The third-order valence-corrected chi connectivity index (χ3v) is 5.52. The first kappa shape index (κ1) is 18.8. The maximum absolute atomic E-state index is 13.0. The highest BCUT2D eigenvalue weighted by Gasteiger charge is 2.29. The van der Waals surface area contributed by atoms with Crippen LogP contribution in [0.15, 0.2) is 30.5 Å². The van der Waals surface area contributed by atoms with Gasteiger partial charge in [0, 0.05) is 44.7 Å². The molecule has 1 unspecified atom stereocenters. The van der Waals surface area contributed by atoms with E-state index < -0.39 is 0 Å². The Kier molecular flexibility index (Phi) is 5.52. The van der Waals surface area contributed by atoms with Crippen molar-refractivity contribution in [1.82, 2.24) is 19.8 Å². The molecule has 2 aliphatic rings. The zero-order valence-corrected chi connectivity index (χ0v) is 16.1. The number of benzene rings is 1. The molecule has 0 N–H and O–H groups in total. The minimum atomic E-state index is -0.261. The van der Waals surface area contributed by atoms with Crippen molar-refractivity contribution in [3.05, 3.63) is 53.4 Å². The van der Waals surface area contributed by atoms with Crippen LogP contribution in [-0.2, 0) is 17.8 Å². The molecule has 2 aliphatic heterocycles. The standard InChI is InChI=1S/C21H25FN4O2/c1-15(27)26-10-8-19-16(14-26)13-23-21(24-19)20-3-2-9-25(20)11-12-28-18-6-4-17(22)5-7-18/h4-7,13,20H,2-3,8-12,14H2,1H3. The van der Waals surface area contributed by atoms with Crippen LogP contribution in [0.25, 0.3) is 0 Å². The fourth-order valence-electron chi connectivity index (χ4n) is 3.96. The van der Waals surface area contributed by atoms with Crippen LogP contribution in [0, 0.1) is 5.82 Å². The van der Waals surface area contributed by atoms with E-state index in [0.717, 1.165) is 56.0 Å². The average Bonchev–Trinajstić information content (AvgIpc) is 3.17. The highest BCUT2D eigenvalue weighted by atomic mass is 19.1. The van der Waals surface area contributed by atoms with Gasteiger partial charge in [0.2, 0.25) is 5.91 Å². The minimum Gasteiger partial charge on any atom is -0.492 e. The number of rotatable bonds is 5. The fraction of sp³-hybridized carbons (Fsp3) is 0.476. The van der Waals surface area contributed by atoms with Gasteiger partial charge in [-0.3, -0.25) is 9.69 Å². The largest absolute Gasteiger partial charge is 0.492 e. The third-order valence-electron chi connectivity index (χ3n) is 5.52. The van der Waals surface area contributed by atoms with Crippen molar-refractivity contribution < 1.29 is 13.9 Å². The van der Waals surface area contributed by atoms with Crippen molar-refractivity contribution in [3.63, 3.8) is 0 Å². The Bertz CT molecular complexity index is 843. The van der Waals surface area contributed by atoms with Gasteiger partial charge in [0.1, 0.15) is 24.0 Å². The molecule has 0 radical (unpaired) electrons. The lowest BCUT2D eigenvalue weighted by Crippen LogP contribution is -2.35. The molecule has 148 valence electrons. The molecule has 28 heavy (non-hydrogen) atoms. The van der Waals surface area contributed by atoms with E-state index in [1.54, 1.807) is 19.1 Å². The summed E-state index contributed by atoms with van der Waals surface area (Å²) < 4.78 is 18.7. The van der Waals surface area contributed by atoms with Crippen LogP contribution in [0.4, 0.5) is 4.39 Å². The molecule has 6 nitrogen and oxygen atoms in total. The normalized spacial score (nSPS) is 19.5. The number of fused-ring (bicyclic) bond motifs is 1. The first-order valence-corrected chi connectivity index (χ1v) is 9.83. The quantitative estimate of drug-likeness (QED) is 0.793. The van der Waals surface area contributed by atoms with E-state index in [9.17, 15) is 9.18 Å². The molecule has 7 heteroatoms. The zero-order chi connectivity index (χ0) is 19.5. The molecule has 0 spiro atoms. The Balaban J connectivity index is 1.38. The lowest BCUT2D eigenvalue weighted by atomic mass is 10.1. The van der Waals surface area contributed by atoms with Gasteiger partial charge in [0.05, 0.1) is 11.7 Å². The number of likely N-dealkylation sites (tertiary alicyclic amines) is 1. The second-order valence-corrected chi connectivity index (χ2v) is 7.39. The van der Waals surface area contributed by atoms with Gasteiger partial charge in [-0.15, -0.1) is 0 Å². The number of halogens is 1. The number of hydrogen-bond donors (Lipinski definition) is 0. The predicted molar refractivity (Wildman–Crippen MR) is 102 cm³/mol. The molecular weight excluding hydrogens is 359 g/mol. The summed E-state index contributed by atoms with van der Waals surface area (Å²) in [6.07, 6.45) is 4.82. The number of nitrogens with zero attached hydrogens (tertiary/aromatic N) is 4. The van der Waals surface area contributed by atoms with E-state index in [0.29, 0.717) is 18.9 Å². The van der Waals surface area contributed by atoms with Gasteiger partial charge in [-0.2, -0.15) is 0 Å². The summed E-state index contributed by atoms with van der Waals surface area (Å²) in [4.78, 5) is 25.2. The number of aromatic nitrogens is 2. The fourth-order valence-corrected chi connectivity index (χ4v) is 3.96. The average molecular weight is 384 g/mol. The monoisotopic (exact) mass is 384 g/mol. The SMILES string of the molecule is CC(=O)N1CCc2nc(C3CCCN3CCOc3ccc(F)cc3)ncc2C1. The highest BCUT2D eigenvalue weighted by Crippen LogP contribution is 2.30. The lowest BCUT2D eigenvalue weighted by molar-refractivity contribution is -0.129. The molecule has 3 heterocycles. The highest BCUT2D eigenvalue weighted by molar-refractivity contribution is 5.73. The molecule has 2 aromatic rings. The molecule has 1 atom stereocenters. The Morgan fingerprint density at radius 1 is 1.29 bits per heavy atom. The van der Waals surface area contributed by atoms with E-state index in [-0.39, 0.29) is 17.8 Å². The minimum absolute atomic E-state index is 0.0952. The van der Waals surface area contributed by atoms with Gasteiger partial charge in [-0.1, -0.05) is 0 Å². The molecule has 4 rings (SSSR count).